The molecule has 0 aromatic carbocycles. The van der Waals surface area contributed by atoms with Gasteiger partial charge in [-0.05, 0) is 103 Å². The predicted molar refractivity (Wildman–Crippen MR) is 139 cm³/mol. The molecule has 3 heteroatoms. The van der Waals surface area contributed by atoms with Crippen molar-refractivity contribution >= 4 is 14.1 Å². The van der Waals surface area contributed by atoms with Gasteiger partial charge in [0.05, 0.1) is 0 Å². The lowest BCUT2D eigenvalue weighted by Crippen LogP contribution is -2.43. The van der Waals surface area contributed by atoms with Crippen molar-refractivity contribution in [2.45, 2.75) is 112 Å². The van der Waals surface area contributed by atoms with Crippen LogP contribution in [0.1, 0.15) is 93.4 Å². The molecular weight excluding hydrogens is 408 g/mol. The molecule has 0 aromatic heterocycles. The van der Waals surface area contributed by atoms with Crippen molar-refractivity contribution in [3.05, 3.63) is 23.8 Å². The van der Waals surface area contributed by atoms with E-state index in [4.69, 9.17) is 4.43 Å². The first-order valence-electron chi connectivity index (χ1n) is 13.3. The summed E-state index contributed by atoms with van der Waals surface area (Å²) in [5.74, 6) is 3.01. The maximum absolute atomic E-state index is 12.1. The van der Waals surface area contributed by atoms with Crippen LogP contribution in [-0.2, 0) is 9.22 Å². The van der Waals surface area contributed by atoms with Gasteiger partial charge in [-0.1, -0.05) is 60.6 Å². The Morgan fingerprint density at radius 3 is 2.50 bits per heavy atom. The molecule has 1 fully saturated rings. The van der Waals surface area contributed by atoms with Crippen molar-refractivity contribution in [3.8, 4) is 0 Å². The Balaban J connectivity index is 1.79. The van der Waals surface area contributed by atoms with Crippen LogP contribution in [0.4, 0.5) is 0 Å². The van der Waals surface area contributed by atoms with E-state index in [1.165, 1.54) is 31.3 Å². The lowest BCUT2D eigenvalue weighted by atomic mass is 9.60. The van der Waals surface area contributed by atoms with Crippen LogP contribution in [-0.4, -0.2) is 20.7 Å². The number of hydrogen-bond acceptors (Lipinski definition) is 2. The fraction of sp³-hybridized carbons (Fsp3) is 0.828. The highest BCUT2D eigenvalue weighted by atomic mass is 28.4. The van der Waals surface area contributed by atoms with Crippen LogP contribution >= 0.6 is 0 Å². The molecule has 6 atom stereocenters. The molecule has 32 heavy (non-hydrogen) atoms. The highest BCUT2D eigenvalue weighted by molar-refractivity contribution is 6.74. The molecule has 3 aliphatic carbocycles. The lowest BCUT2D eigenvalue weighted by Gasteiger charge is -2.45. The summed E-state index contributed by atoms with van der Waals surface area (Å²) in [6.45, 7) is 22.6. The summed E-state index contributed by atoms with van der Waals surface area (Å²) >= 11 is 0. The van der Waals surface area contributed by atoms with Gasteiger partial charge in [0.2, 0.25) is 0 Å². The Morgan fingerprint density at radius 1 is 1.16 bits per heavy atom. The van der Waals surface area contributed by atoms with E-state index >= 15 is 0 Å². The van der Waals surface area contributed by atoms with Gasteiger partial charge in [-0.15, -0.1) is 0 Å². The second kappa shape index (κ2) is 9.17. The van der Waals surface area contributed by atoms with Gasteiger partial charge in [0.1, 0.15) is 0 Å². The van der Waals surface area contributed by atoms with Gasteiger partial charge in [-0.2, -0.15) is 0 Å². The summed E-state index contributed by atoms with van der Waals surface area (Å²) in [6, 6.07) is 0. The summed E-state index contributed by atoms with van der Waals surface area (Å²) in [4.78, 5) is 12.1. The number of hydrogen-bond donors (Lipinski definition) is 0. The molecule has 0 heterocycles. The summed E-state index contributed by atoms with van der Waals surface area (Å²) in [5, 5.41) is 0.271. The minimum absolute atomic E-state index is 0.138. The van der Waals surface area contributed by atoms with E-state index in [9.17, 15) is 4.79 Å². The van der Waals surface area contributed by atoms with Gasteiger partial charge in [0, 0.05) is 13.0 Å². The molecule has 2 nitrogen and oxygen atoms in total. The van der Waals surface area contributed by atoms with Gasteiger partial charge in [-0.25, -0.2) is 0 Å². The van der Waals surface area contributed by atoms with Gasteiger partial charge in [0.15, 0.2) is 14.1 Å². The van der Waals surface area contributed by atoms with E-state index in [0.717, 1.165) is 31.3 Å². The Labute approximate surface area is 199 Å². The average molecular weight is 459 g/mol. The maximum Gasteiger partial charge on any atom is 0.191 e. The fourth-order valence-corrected chi connectivity index (χ4v) is 7.75. The molecule has 0 N–H and O–H groups in total. The molecule has 3 rings (SSSR count). The Hall–Kier alpha value is -0.673. The predicted octanol–water partition coefficient (Wildman–Crippen LogP) is 8.35. The van der Waals surface area contributed by atoms with Crippen molar-refractivity contribution in [1.82, 2.24) is 0 Å². The van der Waals surface area contributed by atoms with E-state index in [1.807, 2.05) is 6.08 Å². The van der Waals surface area contributed by atoms with Crippen LogP contribution in [0, 0.1) is 34.5 Å². The molecule has 0 saturated heterocycles. The van der Waals surface area contributed by atoms with E-state index in [2.05, 4.69) is 73.7 Å². The smallest absolute Gasteiger partial charge is 0.191 e. The standard InChI is InChI=1S/C29H50O2Si/c1-21(20-31-32(8,9)27(3,4)5)26-14-13-23-11-10-12-24-19-25(30)16-18-28(24,6)22(2)15-17-29(23,26)7/h10,12,19,21-23,26H,11,13-18,20H2,1-9H3/b12-10-/t21-,22?,23?,26?,28-,29+/m1/s1. The van der Waals surface area contributed by atoms with Crippen LogP contribution in [0.15, 0.2) is 23.8 Å². The third kappa shape index (κ3) is 4.90. The molecular formula is C29H50O2Si. The van der Waals surface area contributed by atoms with Gasteiger partial charge in [0.25, 0.3) is 0 Å². The van der Waals surface area contributed by atoms with Crippen LogP contribution < -0.4 is 0 Å². The summed E-state index contributed by atoms with van der Waals surface area (Å²) in [7, 11) is -1.71. The minimum atomic E-state index is -1.71. The summed E-state index contributed by atoms with van der Waals surface area (Å²) in [5.41, 5.74) is 1.81. The van der Waals surface area contributed by atoms with Crippen LogP contribution in [0.5, 0.6) is 0 Å². The number of rotatable bonds is 4. The van der Waals surface area contributed by atoms with E-state index in [-0.39, 0.29) is 10.5 Å². The van der Waals surface area contributed by atoms with Gasteiger partial charge < -0.3 is 4.43 Å². The normalized spacial score (nSPS) is 38.5. The summed E-state index contributed by atoms with van der Waals surface area (Å²) in [6.07, 6.45) is 14.8. The highest BCUT2D eigenvalue weighted by Crippen LogP contribution is 2.57. The van der Waals surface area contributed by atoms with Crippen molar-refractivity contribution in [2.75, 3.05) is 6.61 Å². The molecule has 0 radical (unpaired) electrons. The highest BCUT2D eigenvalue weighted by Gasteiger charge is 2.49. The topological polar surface area (TPSA) is 26.3 Å². The molecule has 0 aromatic rings. The maximum atomic E-state index is 12.1. The molecule has 0 bridgehead atoms. The molecule has 3 aliphatic rings. The zero-order valence-electron chi connectivity index (χ0n) is 22.5. The average Bonchev–Trinajstić information content (AvgIpc) is 3.02. The largest absolute Gasteiger partial charge is 0.417 e. The van der Waals surface area contributed by atoms with Crippen LogP contribution in [0.25, 0.3) is 0 Å². The molecule has 0 amide bonds. The minimum Gasteiger partial charge on any atom is -0.417 e. The first-order chi connectivity index (χ1) is 14.7. The van der Waals surface area contributed by atoms with E-state index < -0.39 is 8.32 Å². The Morgan fingerprint density at radius 2 is 1.84 bits per heavy atom. The van der Waals surface area contributed by atoms with Gasteiger partial charge in [-0.3, -0.25) is 4.79 Å². The number of ketones is 1. The molecule has 3 unspecified atom stereocenters. The number of carbonyl (C=O) groups is 1. The number of carbonyl (C=O) groups excluding carboxylic acids is 1. The fourth-order valence-electron chi connectivity index (χ4n) is 6.64. The molecule has 182 valence electrons. The first kappa shape index (κ1) is 25.9. The molecule has 0 spiro atoms. The SMILES string of the molecule is CC1CC[C@@]2(C)C(C/C=C\C3=CC(=O)CC[C@@]31C)CCC2[C@H](C)CO[Si](C)(C)C(C)(C)C. The third-order valence-electron chi connectivity index (χ3n) is 10.6. The quantitative estimate of drug-likeness (QED) is 0.396. The number of allylic oxidation sites excluding steroid dienone is 4. The van der Waals surface area contributed by atoms with Crippen molar-refractivity contribution in [3.63, 3.8) is 0 Å². The van der Waals surface area contributed by atoms with Gasteiger partial charge >= 0.3 is 0 Å². The molecule has 0 aliphatic heterocycles. The number of fused-ring (bicyclic) bond motifs is 2. The zero-order valence-corrected chi connectivity index (χ0v) is 23.5. The first-order valence-corrected chi connectivity index (χ1v) is 16.2. The second-order valence-corrected chi connectivity index (χ2v) is 18.3. The zero-order chi connectivity index (χ0) is 23.9. The van der Waals surface area contributed by atoms with Crippen molar-refractivity contribution in [2.24, 2.45) is 34.5 Å². The monoisotopic (exact) mass is 458 g/mol. The van der Waals surface area contributed by atoms with E-state index in [1.54, 1.807) is 0 Å². The van der Waals surface area contributed by atoms with Crippen LogP contribution in [0.3, 0.4) is 0 Å². The molecule has 1 saturated carbocycles. The lowest BCUT2D eigenvalue weighted by molar-refractivity contribution is -0.116. The Bertz CT molecular complexity index is 758. The van der Waals surface area contributed by atoms with Crippen LogP contribution in [0.2, 0.25) is 18.1 Å². The van der Waals surface area contributed by atoms with E-state index in [0.29, 0.717) is 29.5 Å². The Kier molecular flexibility index (Phi) is 7.44. The third-order valence-corrected chi connectivity index (χ3v) is 15.1. The summed E-state index contributed by atoms with van der Waals surface area (Å²) < 4.78 is 6.70. The van der Waals surface area contributed by atoms with Crippen molar-refractivity contribution in [1.29, 1.82) is 0 Å². The van der Waals surface area contributed by atoms with Crippen molar-refractivity contribution < 1.29 is 9.22 Å². The second-order valence-electron chi connectivity index (χ2n) is 13.5.